The van der Waals surface area contributed by atoms with E-state index in [0.29, 0.717) is 24.3 Å². The monoisotopic (exact) mass is 364 g/mol. The van der Waals surface area contributed by atoms with Crippen molar-refractivity contribution in [2.24, 2.45) is 16.6 Å². The molecule has 0 spiro atoms. The number of aromatic nitrogens is 1. The van der Waals surface area contributed by atoms with Crippen LogP contribution in [0.5, 0.6) is 5.88 Å². The summed E-state index contributed by atoms with van der Waals surface area (Å²) in [5.74, 6) is 1.60. The second kappa shape index (κ2) is 8.96. The van der Waals surface area contributed by atoms with Crippen molar-refractivity contribution < 1.29 is 4.74 Å². The number of methoxy groups -OCH3 is 1. The lowest BCUT2D eigenvalue weighted by atomic mass is 10.2. The van der Waals surface area contributed by atoms with Gasteiger partial charge in [0.25, 0.3) is 0 Å². The summed E-state index contributed by atoms with van der Waals surface area (Å²) in [6, 6.07) is 3.74. The van der Waals surface area contributed by atoms with Gasteiger partial charge in [-0.1, -0.05) is 13.8 Å². The van der Waals surface area contributed by atoms with Gasteiger partial charge in [-0.05, 0) is 17.5 Å². The molecule has 0 bridgehead atoms. The molecule has 18 heavy (non-hydrogen) atoms. The zero-order chi connectivity index (χ0) is 12.7. The lowest BCUT2D eigenvalue weighted by Crippen LogP contribution is -2.34. The summed E-state index contributed by atoms with van der Waals surface area (Å²) in [5, 5.41) is 3.06. The van der Waals surface area contributed by atoms with Crippen molar-refractivity contribution >= 4 is 29.9 Å². The summed E-state index contributed by atoms with van der Waals surface area (Å²) < 4.78 is 5.03. The number of hydrogen-bond donors (Lipinski definition) is 2. The van der Waals surface area contributed by atoms with E-state index in [0.717, 1.165) is 12.1 Å². The highest BCUT2D eigenvalue weighted by atomic mass is 127. The summed E-state index contributed by atoms with van der Waals surface area (Å²) >= 11 is 0. The van der Waals surface area contributed by atoms with Crippen LogP contribution in [0.15, 0.2) is 23.3 Å². The summed E-state index contributed by atoms with van der Waals surface area (Å²) in [7, 11) is 1.59. The van der Waals surface area contributed by atoms with E-state index in [9.17, 15) is 0 Å². The maximum atomic E-state index is 5.73. The molecule has 0 radical (unpaired) electrons. The van der Waals surface area contributed by atoms with Crippen molar-refractivity contribution in [3.05, 3.63) is 23.9 Å². The molecule has 3 N–H and O–H groups in total. The number of nitrogens with zero attached hydrogens (tertiary/aromatic N) is 2. The molecule has 1 rings (SSSR count). The number of pyridine rings is 1. The lowest BCUT2D eigenvalue weighted by molar-refractivity contribution is 0.397. The van der Waals surface area contributed by atoms with Crippen LogP contribution in [-0.2, 0) is 6.54 Å². The Balaban J connectivity index is 0.00000289. The first-order valence-corrected chi connectivity index (χ1v) is 5.64. The predicted molar refractivity (Wildman–Crippen MR) is 84.4 cm³/mol. The van der Waals surface area contributed by atoms with Crippen molar-refractivity contribution in [3.8, 4) is 5.88 Å². The predicted octanol–water partition coefficient (Wildman–Crippen LogP) is 1.77. The van der Waals surface area contributed by atoms with Gasteiger partial charge in [-0.3, -0.25) is 0 Å². The molecule has 0 aromatic carbocycles. The second-order valence-electron chi connectivity index (χ2n) is 4.18. The van der Waals surface area contributed by atoms with E-state index in [4.69, 9.17) is 10.5 Å². The van der Waals surface area contributed by atoms with Crippen LogP contribution in [0.2, 0.25) is 0 Å². The Hall–Kier alpha value is -1.05. The molecule has 5 nitrogen and oxygen atoms in total. The van der Waals surface area contributed by atoms with E-state index < -0.39 is 0 Å². The molecule has 0 unspecified atom stereocenters. The third kappa shape index (κ3) is 6.63. The van der Waals surface area contributed by atoms with Gasteiger partial charge in [0.2, 0.25) is 5.88 Å². The number of hydrogen-bond acceptors (Lipinski definition) is 3. The Morgan fingerprint density at radius 3 is 2.89 bits per heavy atom. The minimum atomic E-state index is 0. The molecule has 0 atom stereocenters. The van der Waals surface area contributed by atoms with E-state index in [-0.39, 0.29) is 24.0 Å². The van der Waals surface area contributed by atoms with Crippen LogP contribution in [0.4, 0.5) is 0 Å². The number of aliphatic imine (C=N–C) groups is 1. The number of ether oxygens (including phenoxy) is 1. The van der Waals surface area contributed by atoms with Crippen LogP contribution in [0.25, 0.3) is 0 Å². The van der Waals surface area contributed by atoms with Crippen LogP contribution in [0.3, 0.4) is 0 Å². The van der Waals surface area contributed by atoms with Gasteiger partial charge in [0.1, 0.15) is 0 Å². The summed E-state index contributed by atoms with van der Waals surface area (Å²) in [6.07, 6.45) is 1.70. The van der Waals surface area contributed by atoms with E-state index in [1.807, 2.05) is 12.1 Å². The lowest BCUT2D eigenvalue weighted by Gasteiger charge is -2.07. The Labute approximate surface area is 125 Å². The van der Waals surface area contributed by atoms with Gasteiger partial charge < -0.3 is 15.8 Å². The van der Waals surface area contributed by atoms with Crippen LogP contribution in [-0.4, -0.2) is 24.6 Å². The quantitative estimate of drug-likeness (QED) is 0.475. The Bertz CT molecular complexity index is 382. The maximum absolute atomic E-state index is 5.73. The van der Waals surface area contributed by atoms with Crippen LogP contribution >= 0.6 is 24.0 Å². The number of nitrogens with two attached hydrogens (primary N) is 1. The van der Waals surface area contributed by atoms with Crippen molar-refractivity contribution in [2.75, 3.05) is 13.7 Å². The van der Waals surface area contributed by atoms with E-state index in [1.54, 1.807) is 13.3 Å². The smallest absolute Gasteiger partial charge is 0.213 e. The van der Waals surface area contributed by atoms with Gasteiger partial charge >= 0.3 is 0 Å². The highest BCUT2D eigenvalue weighted by Crippen LogP contribution is 2.09. The average molecular weight is 364 g/mol. The third-order valence-electron chi connectivity index (χ3n) is 2.13. The fourth-order valence-electron chi connectivity index (χ4n) is 1.20. The molecule has 0 fully saturated rings. The Morgan fingerprint density at radius 1 is 1.56 bits per heavy atom. The zero-order valence-corrected chi connectivity index (χ0v) is 13.3. The largest absolute Gasteiger partial charge is 0.481 e. The van der Waals surface area contributed by atoms with E-state index >= 15 is 0 Å². The molecule has 1 aromatic rings. The number of nitrogens with one attached hydrogen (secondary N) is 1. The van der Waals surface area contributed by atoms with Gasteiger partial charge in [-0.25, -0.2) is 9.98 Å². The van der Waals surface area contributed by atoms with Gasteiger partial charge in [-0.2, -0.15) is 0 Å². The van der Waals surface area contributed by atoms with Crippen molar-refractivity contribution in [2.45, 2.75) is 20.4 Å². The molecule has 1 aromatic heterocycles. The minimum absolute atomic E-state index is 0. The second-order valence-corrected chi connectivity index (χ2v) is 4.18. The Kier molecular flexibility index (Phi) is 8.43. The van der Waals surface area contributed by atoms with Crippen LogP contribution < -0.4 is 15.8 Å². The molecule has 0 saturated carbocycles. The fraction of sp³-hybridized carbons (Fsp3) is 0.500. The maximum Gasteiger partial charge on any atom is 0.213 e. The molecule has 0 aliphatic rings. The van der Waals surface area contributed by atoms with Crippen LogP contribution in [0, 0.1) is 5.92 Å². The molecule has 0 amide bonds. The normalized spacial score (nSPS) is 11.0. The van der Waals surface area contributed by atoms with Crippen LogP contribution in [0.1, 0.15) is 19.4 Å². The molecular weight excluding hydrogens is 343 g/mol. The first-order valence-electron chi connectivity index (χ1n) is 5.64. The first-order chi connectivity index (χ1) is 8.11. The molecule has 6 heteroatoms. The summed E-state index contributed by atoms with van der Waals surface area (Å²) in [6.45, 7) is 5.59. The molecule has 102 valence electrons. The average Bonchev–Trinajstić information content (AvgIpc) is 2.34. The van der Waals surface area contributed by atoms with E-state index in [2.05, 4.69) is 29.1 Å². The molecule has 0 aliphatic heterocycles. The Morgan fingerprint density at radius 2 is 2.28 bits per heavy atom. The highest BCUT2D eigenvalue weighted by molar-refractivity contribution is 14.0. The minimum Gasteiger partial charge on any atom is -0.481 e. The highest BCUT2D eigenvalue weighted by Gasteiger charge is 1.98. The standard InChI is InChI=1S/C12H20N4O.HI/c1-9(2)7-15-12(13)16-8-10-4-5-14-11(6-10)17-3;/h4-6,9H,7-8H2,1-3H3,(H3,13,15,16);1H. The van der Waals surface area contributed by atoms with Gasteiger partial charge in [-0.15, -0.1) is 24.0 Å². The molecule has 0 saturated heterocycles. The number of guanidine groups is 1. The van der Waals surface area contributed by atoms with Gasteiger partial charge in [0, 0.05) is 18.8 Å². The van der Waals surface area contributed by atoms with Crippen molar-refractivity contribution in [3.63, 3.8) is 0 Å². The molecular formula is C12H21IN4O. The fourth-order valence-corrected chi connectivity index (χ4v) is 1.20. The van der Waals surface area contributed by atoms with Gasteiger partial charge in [0.15, 0.2) is 5.96 Å². The SMILES string of the molecule is COc1cc(CN=C(N)NCC(C)C)ccn1.I. The van der Waals surface area contributed by atoms with Gasteiger partial charge in [0.05, 0.1) is 13.7 Å². The zero-order valence-electron chi connectivity index (χ0n) is 11.0. The van der Waals surface area contributed by atoms with Crippen molar-refractivity contribution in [1.82, 2.24) is 10.3 Å². The molecule has 0 aliphatic carbocycles. The van der Waals surface area contributed by atoms with E-state index in [1.165, 1.54) is 0 Å². The van der Waals surface area contributed by atoms with Crippen molar-refractivity contribution in [1.29, 1.82) is 0 Å². The summed E-state index contributed by atoms with van der Waals surface area (Å²) in [4.78, 5) is 8.27. The molecule has 1 heterocycles. The topological polar surface area (TPSA) is 72.5 Å². The third-order valence-corrected chi connectivity index (χ3v) is 2.13. The number of rotatable bonds is 5. The summed E-state index contributed by atoms with van der Waals surface area (Å²) in [5.41, 5.74) is 6.75. The first kappa shape index (κ1) is 16.9. The number of halogens is 1.